The van der Waals surface area contributed by atoms with Gasteiger partial charge in [0, 0.05) is 12.2 Å². The second kappa shape index (κ2) is 7.38. The van der Waals surface area contributed by atoms with Crippen LogP contribution in [0, 0.1) is 12.7 Å². The van der Waals surface area contributed by atoms with Crippen LogP contribution in [0.2, 0.25) is 0 Å². The van der Waals surface area contributed by atoms with E-state index in [9.17, 15) is 4.39 Å². The van der Waals surface area contributed by atoms with Crippen molar-refractivity contribution < 1.29 is 8.81 Å². The minimum atomic E-state index is -0.255. The van der Waals surface area contributed by atoms with E-state index < -0.39 is 0 Å². The molecule has 1 heterocycles. The summed E-state index contributed by atoms with van der Waals surface area (Å²) in [5, 5.41) is 6.56. The molecule has 0 aliphatic heterocycles. The van der Waals surface area contributed by atoms with Crippen molar-refractivity contribution >= 4 is 23.0 Å². The first-order chi connectivity index (χ1) is 10.5. The van der Waals surface area contributed by atoms with Crippen LogP contribution in [0.15, 0.2) is 41.0 Å². The molecule has 0 saturated heterocycles. The number of halogens is 1. The van der Waals surface area contributed by atoms with Gasteiger partial charge in [-0.25, -0.2) is 4.39 Å². The van der Waals surface area contributed by atoms with Gasteiger partial charge in [-0.05, 0) is 63.1 Å². The third kappa shape index (κ3) is 4.29. The maximum atomic E-state index is 13.5. The van der Waals surface area contributed by atoms with E-state index in [0.717, 1.165) is 5.76 Å². The van der Waals surface area contributed by atoms with E-state index in [1.54, 1.807) is 25.3 Å². The summed E-state index contributed by atoms with van der Waals surface area (Å²) >= 11 is 5.25. The number of anilines is 1. The molecule has 0 unspecified atom stereocenters. The third-order valence-corrected chi connectivity index (χ3v) is 3.63. The SMILES string of the molecule is Cc1ccc(NC(=S)NC[C@H](c2ccco2)N(C)C)cc1F. The molecule has 0 amide bonds. The standard InChI is InChI=1S/C16H20FN3OS/c1-11-6-7-12(9-13(11)17)19-16(22)18-10-14(20(2)3)15-5-4-8-21-15/h4-9,14H,10H2,1-3H3,(H2,18,19,22)/t14-/m1/s1. The highest BCUT2D eigenvalue weighted by Crippen LogP contribution is 2.18. The van der Waals surface area contributed by atoms with Gasteiger partial charge in [-0.15, -0.1) is 0 Å². The van der Waals surface area contributed by atoms with Gasteiger partial charge in [0.15, 0.2) is 5.11 Å². The molecule has 1 aromatic carbocycles. The fourth-order valence-corrected chi connectivity index (χ4v) is 2.25. The molecule has 0 aliphatic carbocycles. The van der Waals surface area contributed by atoms with Crippen LogP contribution < -0.4 is 10.6 Å². The van der Waals surface area contributed by atoms with E-state index in [4.69, 9.17) is 16.6 Å². The Morgan fingerprint density at radius 2 is 2.14 bits per heavy atom. The Kier molecular flexibility index (Phi) is 5.51. The topological polar surface area (TPSA) is 40.4 Å². The Labute approximate surface area is 135 Å². The van der Waals surface area contributed by atoms with Gasteiger partial charge < -0.3 is 15.1 Å². The van der Waals surface area contributed by atoms with E-state index >= 15 is 0 Å². The quantitative estimate of drug-likeness (QED) is 0.827. The van der Waals surface area contributed by atoms with Gasteiger partial charge in [0.1, 0.15) is 11.6 Å². The van der Waals surface area contributed by atoms with Crippen molar-refractivity contribution in [3.63, 3.8) is 0 Å². The van der Waals surface area contributed by atoms with Crippen molar-refractivity contribution in [3.8, 4) is 0 Å². The fourth-order valence-electron chi connectivity index (χ4n) is 2.05. The fraction of sp³-hybridized carbons (Fsp3) is 0.312. The molecule has 2 rings (SSSR count). The van der Waals surface area contributed by atoms with Crippen LogP contribution in [0.1, 0.15) is 17.4 Å². The highest BCUT2D eigenvalue weighted by Gasteiger charge is 2.17. The highest BCUT2D eigenvalue weighted by atomic mass is 32.1. The van der Waals surface area contributed by atoms with Crippen LogP contribution in [-0.2, 0) is 0 Å². The molecule has 4 nitrogen and oxygen atoms in total. The molecule has 2 N–H and O–H groups in total. The number of thiocarbonyl (C=S) groups is 1. The molecule has 118 valence electrons. The lowest BCUT2D eigenvalue weighted by Crippen LogP contribution is -2.36. The number of hydrogen-bond donors (Lipinski definition) is 2. The second-order valence-corrected chi connectivity index (χ2v) is 5.70. The molecule has 0 radical (unpaired) electrons. The summed E-state index contributed by atoms with van der Waals surface area (Å²) in [5.41, 5.74) is 1.23. The van der Waals surface area contributed by atoms with E-state index in [2.05, 4.69) is 10.6 Å². The lowest BCUT2D eigenvalue weighted by Gasteiger charge is -2.23. The Balaban J connectivity index is 1.92. The van der Waals surface area contributed by atoms with Crippen molar-refractivity contribution in [1.82, 2.24) is 10.2 Å². The first-order valence-electron chi connectivity index (χ1n) is 6.98. The van der Waals surface area contributed by atoms with Gasteiger partial charge in [0.2, 0.25) is 0 Å². The zero-order chi connectivity index (χ0) is 16.1. The maximum Gasteiger partial charge on any atom is 0.170 e. The smallest absolute Gasteiger partial charge is 0.170 e. The molecule has 6 heteroatoms. The first kappa shape index (κ1) is 16.5. The number of furan rings is 1. The second-order valence-electron chi connectivity index (χ2n) is 5.29. The number of aryl methyl sites for hydroxylation is 1. The summed E-state index contributed by atoms with van der Waals surface area (Å²) in [5.74, 6) is 0.608. The Morgan fingerprint density at radius 3 is 2.73 bits per heavy atom. The van der Waals surface area contributed by atoms with Gasteiger partial charge in [0.25, 0.3) is 0 Å². The predicted molar refractivity (Wildman–Crippen MR) is 90.5 cm³/mol. The van der Waals surface area contributed by atoms with Crippen LogP contribution in [-0.4, -0.2) is 30.7 Å². The van der Waals surface area contributed by atoms with E-state index in [1.807, 2.05) is 31.1 Å². The van der Waals surface area contributed by atoms with Crippen LogP contribution in [0.5, 0.6) is 0 Å². The van der Waals surface area contributed by atoms with Gasteiger partial charge in [-0.2, -0.15) is 0 Å². The molecule has 0 bridgehead atoms. The monoisotopic (exact) mass is 321 g/mol. The summed E-state index contributed by atoms with van der Waals surface area (Å²) in [6.07, 6.45) is 1.65. The Morgan fingerprint density at radius 1 is 1.36 bits per heavy atom. The molecule has 0 fully saturated rings. The number of hydrogen-bond acceptors (Lipinski definition) is 3. The van der Waals surface area contributed by atoms with Crippen LogP contribution in [0.4, 0.5) is 10.1 Å². The van der Waals surface area contributed by atoms with Gasteiger partial charge in [-0.3, -0.25) is 4.90 Å². The zero-order valence-corrected chi connectivity index (χ0v) is 13.7. The largest absolute Gasteiger partial charge is 0.468 e. The van der Waals surface area contributed by atoms with Gasteiger partial charge >= 0.3 is 0 Å². The molecule has 0 saturated carbocycles. The normalized spacial score (nSPS) is 12.2. The molecule has 0 aliphatic rings. The number of nitrogens with zero attached hydrogens (tertiary/aromatic N) is 1. The molecule has 1 aromatic heterocycles. The molecular formula is C16H20FN3OS. The van der Waals surface area contributed by atoms with Crippen molar-refractivity contribution in [2.45, 2.75) is 13.0 Å². The van der Waals surface area contributed by atoms with Gasteiger partial charge in [0.05, 0.1) is 12.3 Å². The average Bonchev–Trinajstić information content (AvgIpc) is 2.97. The summed E-state index contributed by atoms with van der Waals surface area (Å²) in [4.78, 5) is 2.04. The number of likely N-dealkylation sites (N-methyl/N-ethyl adjacent to an activating group) is 1. The van der Waals surface area contributed by atoms with Crippen molar-refractivity contribution in [2.24, 2.45) is 0 Å². The Bertz CT molecular complexity index is 628. The lowest BCUT2D eigenvalue weighted by atomic mass is 10.2. The third-order valence-electron chi connectivity index (χ3n) is 3.38. The number of nitrogens with one attached hydrogen (secondary N) is 2. The summed E-state index contributed by atoms with van der Waals surface area (Å²) in [6, 6.07) is 8.78. The highest BCUT2D eigenvalue weighted by molar-refractivity contribution is 7.80. The number of benzene rings is 1. The molecule has 22 heavy (non-hydrogen) atoms. The lowest BCUT2D eigenvalue weighted by molar-refractivity contribution is 0.259. The summed E-state index contributed by atoms with van der Waals surface area (Å²) < 4.78 is 19.0. The molecule has 1 atom stereocenters. The van der Waals surface area contributed by atoms with Gasteiger partial charge in [-0.1, -0.05) is 6.07 Å². The molecule has 0 spiro atoms. The first-order valence-corrected chi connectivity index (χ1v) is 7.39. The van der Waals surface area contributed by atoms with Crippen LogP contribution >= 0.6 is 12.2 Å². The Hall–Kier alpha value is -1.92. The minimum Gasteiger partial charge on any atom is -0.468 e. The van der Waals surface area contributed by atoms with Crippen LogP contribution in [0.25, 0.3) is 0 Å². The van der Waals surface area contributed by atoms with Crippen LogP contribution in [0.3, 0.4) is 0 Å². The predicted octanol–water partition coefficient (Wildman–Crippen LogP) is 3.32. The van der Waals surface area contributed by atoms with Crippen molar-refractivity contribution in [1.29, 1.82) is 0 Å². The van der Waals surface area contributed by atoms with E-state index in [0.29, 0.717) is 22.9 Å². The van der Waals surface area contributed by atoms with E-state index in [-0.39, 0.29) is 11.9 Å². The minimum absolute atomic E-state index is 0.0597. The maximum absolute atomic E-state index is 13.5. The summed E-state index contributed by atoms with van der Waals surface area (Å²) in [7, 11) is 3.95. The number of rotatable bonds is 5. The molecule has 2 aromatic rings. The average molecular weight is 321 g/mol. The van der Waals surface area contributed by atoms with Crippen molar-refractivity contribution in [3.05, 3.63) is 53.7 Å². The summed E-state index contributed by atoms with van der Waals surface area (Å²) in [6.45, 7) is 2.31. The molecular weight excluding hydrogens is 301 g/mol. The van der Waals surface area contributed by atoms with E-state index in [1.165, 1.54) is 6.07 Å². The van der Waals surface area contributed by atoms with Crippen molar-refractivity contribution in [2.75, 3.05) is 26.0 Å². The zero-order valence-electron chi connectivity index (χ0n) is 12.9.